The molecule has 158 valence electrons. The number of amides is 4. The number of isocyanates is 1. The molecule has 0 atom stereocenters. The monoisotopic (exact) mass is 473 g/mol. The predicted octanol–water partition coefficient (Wildman–Crippen LogP) is 0.439. The van der Waals surface area contributed by atoms with Gasteiger partial charge >= 0.3 is 22.3 Å². The molecule has 0 saturated heterocycles. The van der Waals surface area contributed by atoms with Gasteiger partial charge < -0.3 is 14.8 Å². The molecule has 0 heterocycles. The molecule has 0 aliphatic heterocycles. The number of halogens is 6. The molecule has 0 spiro atoms. The van der Waals surface area contributed by atoms with E-state index in [-0.39, 0.29) is 5.12 Å². The number of alkyl carbamates (subject to hydrolysis) is 1. The van der Waals surface area contributed by atoms with Crippen LogP contribution >= 0.6 is 34.8 Å². The van der Waals surface area contributed by atoms with Crippen molar-refractivity contribution in [3.8, 4) is 0 Å². The van der Waals surface area contributed by atoms with E-state index in [1.807, 2.05) is 0 Å². The van der Waals surface area contributed by atoms with Crippen molar-refractivity contribution < 1.29 is 46.6 Å². The first kappa shape index (κ1) is 25.5. The number of carbonyl (C=O) groups excluding carboxylic acids is 5. The number of hydrogen-bond donors (Lipinski definition) is 3. The minimum absolute atomic E-state index is 0.182. The summed E-state index contributed by atoms with van der Waals surface area (Å²) in [4.78, 5) is 58.5. The van der Waals surface area contributed by atoms with Gasteiger partial charge in [0.05, 0.1) is 0 Å². The van der Waals surface area contributed by atoms with Crippen molar-refractivity contribution in [3.05, 3.63) is 0 Å². The zero-order valence-electron chi connectivity index (χ0n) is 13.1. The number of nitrogens with zero attached hydrogens (tertiary/aromatic N) is 2. The van der Waals surface area contributed by atoms with Gasteiger partial charge in [-0.25, -0.2) is 25.2 Å². The highest BCUT2D eigenvalue weighted by molar-refractivity contribution is 6.66. The largest absolute Gasteiger partial charge is 0.449 e. The predicted molar refractivity (Wildman–Crippen MR) is 83.3 cm³/mol. The Kier molecular flexibility index (Phi) is 10.4. The number of hydrazine groups is 2. The third kappa shape index (κ3) is 13.7. The number of rotatable bonds is 5. The topological polar surface area (TPSA) is 155 Å². The quantitative estimate of drug-likeness (QED) is 0.226. The van der Waals surface area contributed by atoms with Crippen LogP contribution in [-0.2, 0) is 23.9 Å². The molecule has 0 unspecified atom stereocenters. The Bertz CT molecular complexity index is 652. The van der Waals surface area contributed by atoms with Crippen molar-refractivity contribution in [1.29, 1.82) is 0 Å². The fraction of sp³-hybridized carbons (Fsp3) is 0.500. The third-order valence-corrected chi connectivity index (χ3v) is 2.14. The summed E-state index contributed by atoms with van der Waals surface area (Å²) in [7, 11) is 0. The molecule has 0 aromatic carbocycles. The van der Waals surface area contributed by atoms with Gasteiger partial charge in [-0.3, -0.25) is 9.59 Å². The van der Waals surface area contributed by atoms with Crippen molar-refractivity contribution in [1.82, 2.24) is 21.3 Å². The van der Waals surface area contributed by atoms with Gasteiger partial charge in [-0.1, -0.05) is 0 Å². The van der Waals surface area contributed by atoms with Crippen molar-refractivity contribution in [2.45, 2.75) is 10.2 Å². The summed E-state index contributed by atoms with van der Waals surface area (Å²) < 4.78 is 41.8. The normalized spacial score (nSPS) is 10.8. The minimum Gasteiger partial charge on any atom is -0.437 e. The Morgan fingerprint density at radius 3 is 2.14 bits per heavy atom. The molecule has 0 bridgehead atoms. The lowest BCUT2D eigenvalue weighted by molar-refractivity contribution is -0.164. The van der Waals surface area contributed by atoms with Crippen molar-refractivity contribution in [2.24, 2.45) is 4.99 Å². The number of carbonyl (C=O) groups is 4. The summed E-state index contributed by atoms with van der Waals surface area (Å²) in [5.41, 5.74) is 3.17. The van der Waals surface area contributed by atoms with Gasteiger partial charge in [-0.2, -0.15) is 18.2 Å². The maximum absolute atomic E-state index is 12.1. The summed E-state index contributed by atoms with van der Waals surface area (Å²) >= 11 is 15.4. The first-order valence-corrected chi connectivity index (χ1v) is 7.56. The number of hydrogen-bond acceptors (Lipinski definition) is 8. The number of aliphatic imine (C=N–C) groups is 1. The van der Waals surface area contributed by atoms with E-state index in [2.05, 4.69) is 14.5 Å². The molecule has 0 saturated carbocycles. The van der Waals surface area contributed by atoms with E-state index in [4.69, 9.17) is 34.8 Å². The summed E-state index contributed by atoms with van der Waals surface area (Å²) in [6.45, 7) is -3.87. The average molecular weight is 475 g/mol. The van der Waals surface area contributed by atoms with E-state index in [1.54, 1.807) is 16.2 Å². The first-order valence-electron chi connectivity index (χ1n) is 6.43. The Morgan fingerprint density at radius 1 is 1.07 bits per heavy atom. The van der Waals surface area contributed by atoms with Crippen LogP contribution in [0.1, 0.15) is 0 Å². The Labute approximate surface area is 168 Å². The SMILES string of the molecule is O=C=NCC(=O)NN(NC(=O)CNC(=O)OC(Cl)(Cl)Cl)C(=O)OCC(F)(F)F. The molecule has 4 amide bonds. The second kappa shape index (κ2) is 11.4. The highest BCUT2D eigenvalue weighted by Crippen LogP contribution is 2.27. The lowest BCUT2D eigenvalue weighted by atomic mass is 10.6. The summed E-state index contributed by atoms with van der Waals surface area (Å²) in [6.07, 6.45) is -7.16. The molecule has 3 N–H and O–H groups in total. The van der Waals surface area contributed by atoms with Gasteiger partial charge in [-0.05, 0) is 34.8 Å². The average Bonchev–Trinajstić information content (AvgIpc) is 2.53. The maximum atomic E-state index is 12.1. The van der Waals surface area contributed by atoms with E-state index in [0.29, 0.717) is 0 Å². The summed E-state index contributed by atoms with van der Waals surface area (Å²) in [5.74, 6) is -2.47. The van der Waals surface area contributed by atoms with E-state index in [1.165, 1.54) is 0 Å². The lowest BCUT2D eigenvalue weighted by Crippen LogP contribution is -2.58. The van der Waals surface area contributed by atoms with Crippen LogP contribution in [-0.4, -0.2) is 65.0 Å². The van der Waals surface area contributed by atoms with Gasteiger partial charge in [-0.15, -0.1) is 5.12 Å². The molecular weight excluding hydrogens is 465 g/mol. The molecule has 12 nitrogen and oxygen atoms in total. The van der Waals surface area contributed by atoms with Crippen molar-refractivity contribution in [3.63, 3.8) is 0 Å². The summed E-state index contributed by atoms with van der Waals surface area (Å²) in [6, 6.07) is 0. The Morgan fingerprint density at radius 2 is 1.64 bits per heavy atom. The van der Waals surface area contributed by atoms with Gasteiger partial charge in [0.25, 0.3) is 11.8 Å². The van der Waals surface area contributed by atoms with Gasteiger partial charge in [0.1, 0.15) is 13.1 Å². The van der Waals surface area contributed by atoms with Crippen LogP contribution in [0, 0.1) is 0 Å². The molecule has 0 aliphatic carbocycles. The molecule has 0 aromatic rings. The molecule has 0 fully saturated rings. The van der Waals surface area contributed by atoms with E-state index >= 15 is 0 Å². The molecule has 0 rings (SSSR count). The highest BCUT2D eigenvalue weighted by atomic mass is 35.6. The van der Waals surface area contributed by atoms with Crippen LogP contribution in [0.2, 0.25) is 0 Å². The maximum Gasteiger partial charge on any atom is 0.449 e. The molecule has 18 heteroatoms. The van der Waals surface area contributed by atoms with Gasteiger partial charge in [0.2, 0.25) is 6.08 Å². The second-order valence-corrected chi connectivity index (χ2v) is 6.35. The summed E-state index contributed by atoms with van der Waals surface area (Å²) in [5, 5.41) is 1.58. The van der Waals surface area contributed by atoms with Gasteiger partial charge in [0.15, 0.2) is 6.61 Å². The smallest absolute Gasteiger partial charge is 0.437 e. The Balaban J connectivity index is 4.87. The molecule has 0 radical (unpaired) electrons. The van der Waals surface area contributed by atoms with Crippen molar-refractivity contribution >= 4 is 64.9 Å². The highest BCUT2D eigenvalue weighted by Gasteiger charge is 2.32. The van der Waals surface area contributed by atoms with Crippen LogP contribution in [0.4, 0.5) is 22.8 Å². The molecule has 28 heavy (non-hydrogen) atoms. The fourth-order valence-corrected chi connectivity index (χ4v) is 1.26. The van der Waals surface area contributed by atoms with Gasteiger partial charge in [0, 0.05) is 0 Å². The Hall–Kier alpha value is -2.48. The van der Waals surface area contributed by atoms with Crippen LogP contribution in [0.25, 0.3) is 0 Å². The van der Waals surface area contributed by atoms with Crippen LogP contribution in [0.3, 0.4) is 0 Å². The second-order valence-electron chi connectivity index (χ2n) is 4.17. The van der Waals surface area contributed by atoms with Crippen LogP contribution in [0.15, 0.2) is 4.99 Å². The zero-order valence-corrected chi connectivity index (χ0v) is 15.4. The standard InChI is InChI=1S/C10H9Cl3F3N5O7/c11-10(12,13)28-7(25)18-2-6(24)20-21(19-5(23)1-17-4-22)8(26)27-3-9(14,15)16/h1-3H2,(H,18,25)(H,19,23)(H,20,24). The zero-order chi connectivity index (χ0) is 22.0. The molecule has 0 aromatic heterocycles. The van der Waals surface area contributed by atoms with E-state index in [0.717, 1.165) is 6.08 Å². The van der Waals surface area contributed by atoms with Crippen molar-refractivity contribution in [2.75, 3.05) is 19.7 Å². The number of ether oxygens (including phenoxy) is 2. The minimum atomic E-state index is -4.90. The van der Waals surface area contributed by atoms with E-state index in [9.17, 15) is 37.1 Å². The van der Waals surface area contributed by atoms with E-state index < -0.39 is 53.9 Å². The van der Waals surface area contributed by atoms with Crippen LogP contribution in [0.5, 0.6) is 0 Å². The number of alkyl halides is 6. The number of nitrogens with one attached hydrogen (secondary N) is 3. The molecular formula is C10H9Cl3F3N5O7. The fourth-order valence-electron chi connectivity index (χ4n) is 1.05. The van der Waals surface area contributed by atoms with Crippen LogP contribution < -0.4 is 16.2 Å². The first-order chi connectivity index (χ1) is 12.7. The molecule has 0 aliphatic rings. The lowest BCUT2D eigenvalue weighted by Gasteiger charge is -2.22. The third-order valence-electron chi connectivity index (χ3n) is 1.90.